The second-order valence-corrected chi connectivity index (χ2v) is 7.27. The molecule has 0 radical (unpaired) electrons. The summed E-state index contributed by atoms with van der Waals surface area (Å²) in [6.07, 6.45) is -3.61. The number of carboxylic acids is 1. The summed E-state index contributed by atoms with van der Waals surface area (Å²) in [7, 11) is 0. The molecule has 0 aromatic rings. The molecule has 23 heavy (non-hydrogen) atoms. The average molecular weight is 338 g/mol. The van der Waals surface area contributed by atoms with Gasteiger partial charge >= 0.3 is 18.1 Å². The molecule has 1 aliphatic rings. The number of carbonyl (C=O) groups excluding carboxylic acids is 1. The molecule has 0 aromatic carbocycles. The summed E-state index contributed by atoms with van der Waals surface area (Å²) in [6.45, 7) is 5.04. The van der Waals surface area contributed by atoms with Crippen molar-refractivity contribution in [2.45, 2.75) is 71.1 Å². The van der Waals surface area contributed by atoms with Gasteiger partial charge in [0.05, 0.1) is 11.8 Å². The fraction of sp³-hybridized carbons (Fsp3) is 0.875. The lowest BCUT2D eigenvalue weighted by Crippen LogP contribution is -2.36. The van der Waals surface area contributed by atoms with Crippen LogP contribution in [0, 0.1) is 17.8 Å². The van der Waals surface area contributed by atoms with E-state index in [1.165, 1.54) is 0 Å². The van der Waals surface area contributed by atoms with Crippen molar-refractivity contribution in [3.63, 3.8) is 0 Å². The van der Waals surface area contributed by atoms with E-state index in [1.807, 2.05) is 0 Å². The topological polar surface area (TPSA) is 63.6 Å². The molecule has 1 fully saturated rings. The lowest BCUT2D eigenvalue weighted by molar-refractivity contribution is -0.168. The normalized spacial score (nSPS) is 18.3. The maximum atomic E-state index is 12.3. The Balaban J connectivity index is 2.77. The molecule has 0 aromatic heterocycles. The minimum Gasteiger partial charge on any atom is -0.481 e. The van der Waals surface area contributed by atoms with Gasteiger partial charge in [-0.25, -0.2) is 0 Å². The van der Waals surface area contributed by atoms with Crippen molar-refractivity contribution in [2.75, 3.05) is 0 Å². The number of rotatable bonds is 8. The first-order valence-electron chi connectivity index (χ1n) is 7.91. The second-order valence-electron chi connectivity index (χ2n) is 7.27. The molecule has 1 aliphatic carbocycles. The van der Waals surface area contributed by atoms with Crippen LogP contribution in [-0.2, 0) is 14.3 Å². The van der Waals surface area contributed by atoms with E-state index in [-0.39, 0.29) is 18.8 Å². The van der Waals surface area contributed by atoms with Crippen LogP contribution in [0.25, 0.3) is 0 Å². The van der Waals surface area contributed by atoms with Crippen LogP contribution in [-0.4, -0.2) is 28.8 Å². The van der Waals surface area contributed by atoms with Gasteiger partial charge in [0.15, 0.2) is 0 Å². The van der Waals surface area contributed by atoms with Crippen LogP contribution in [0.1, 0.15) is 59.3 Å². The lowest BCUT2D eigenvalue weighted by atomic mass is 9.84. The van der Waals surface area contributed by atoms with Crippen molar-refractivity contribution in [3.8, 4) is 0 Å². The van der Waals surface area contributed by atoms with E-state index in [2.05, 4.69) is 0 Å². The summed E-state index contributed by atoms with van der Waals surface area (Å²) in [6, 6.07) is 0. The minimum absolute atomic E-state index is 0.175. The zero-order chi connectivity index (χ0) is 17.8. The summed E-state index contributed by atoms with van der Waals surface area (Å²) >= 11 is 0. The predicted octanol–water partition coefficient (Wildman–Crippen LogP) is 4.18. The van der Waals surface area contributed by atoms with Gasteiger partial charge in [-0.15, -0.1) is 0 Å². The maximum absolute atomic E-state index is 12.3. The molecule has 1 rings (SSSR count). The summed E-state index contributed by atoms with van der Waals surface area (Å²) in [5.74, 6) is -3.59. The molecule has 0 spiro atoms. The van der Waals surface area contributed by atoms with Crippen LogP contribution in [0.5, 0.6) is 0 Å². The predicted molar refractivity (Wildman–Crippen MR) is 77.7 cm³/mol. The van der Waals surface area contributed by atoms with Gasteiger partial charge in [0.1, 0.15) is 5.60 Å². The van der Waals surface area contributed by atoms with Gasteiger partial charge in [-0.2, -0.15) is 13.2 Å². The van der Waals surface area contributed by atoms with Gasteiger partial charge in [-0.3, -0.25) is 9.59 Å². The smallest absolute Gasteiger partial charge is 0.389 e. The quantitative estimate of drug-likeness (QED) is 0.675. The van der Waals surface area contributed by atoms with Crippen molar-refractivity contribution in [3.05, 3.63) is 0 Å². The number of ether oxygens (including phenoxy) is 1. The van der Waals surface area contributed by atoms with Crippen LogP contribution in [0.15, 0.2) is 0 Å². The number of carbonyl (C=O) groups is 2. The number of hydrogen-bond donors (Lipinski definition) is 1. The molecule has 4 nitrogen and oxygen atoms in total. The molecule has 134 valence electrons. The molecule has 0 bridgehead atoms. The number of esters is 1. The number of halogens is 3. The SMILES string of the molecule is CC(C)(C)OC(=O)[C@@H](CC1CC1)[C@@H](CCCC(F)(F)F)C(=O)O. The Morgan fingerprint density at radius 1 is 1.17 bits per heavy atom. The van der Waals surface area contributed by atoms with E-state index in [4.69, 9.17) is 4.74 Å². The maximum Gasteiger partial charge on any atom is 0.389 e. The van der Waals surface area contributed by atoms with Crippen molar-refractivity contribution < 1.29 is 32.6 Å². The molecule has 2 atom stereocenters. The van der Waals surface area contributed by atoms with E-state index in [0.29, 0.717) is 6.42 Å². The van der Waals surface area contributed by atoms with Gasteiger partial charge in [0.2, 0.25) is 0 Å². The highest BCUT2D eigenvalue weighted by molar-refractivity contribution is 5.81. The number of aliphatic carboxylic acids is 1. The van der Waals surface area contributed by atoms with Crippen molar-refractivity contribution >= 4 is 11.9 Å². The third-order valence-electron chi connectivity index (χ3n) is 3.77. The zero-order valence-electron chi connectivity index (χ0n) is 13.8. The first kappa shape index (κ1) is 19.8. The highest BCUT2D eigenvalue weighted by atomic mass is 19.4. The Morgan fingerprint density at radius 3 is 2.13 bits per heavy atom. The van der Waals surface area contributed by atoms with E-state index < -0.39 is 42.0 Å². The van der Waals surface area contributed by atoms with Crippen molar-refractivity contribution in [2.24, 2.45) is 17.8 Å². The van der Waals surface area contributed by atoms with Crippen LogP contribution in [0.4, 0.5) is 13.2 Å². The number of alkyl halides is 3. The van der Waals surface area contributed by atoms with Crippen molar-refractivity contribution in [1.29, 1.82) is 0 Å². The zero-order valence-corrected chi connectivity index (χ0v) is 13.8. The molecular formula is C16H25F3O4. The standard InChI is InChI=1S/C16H25F3O4/c1-15(2,3)23-14(22)12(9-10-6-7-10)11(13(20)21)5-4-8-16(17,18)19/h10-12H,4-9H2,1-3H3,(H,20,21)/t11-,12+/m1/s1. The van der Waals surface area contributed by atoms with Crippen LogP contribution >= 0.6 is 0 Å². The molecule has 1 N–H and O–H groups in total. The Labute approximate surface area is 134 Å². The Morgan fingerprint density at radius 2 is 1.74 bits per heavy atom. The van der Waals surface area contributed by atoms with E-state index in [0.717, 1.165) is 12.8 Å². The first-order chi connectivity index (χ1) is 10.4. The number of hydrogen-bond acceptors (Lipinski definition) is 3. The summed E-state index contributed by atoms with van der Waals surface area (Å²) in [4.78, 5) is 23.8. The summed E-state index contributed by atoms with van der Waals surface area (Å²) < 4.78 is 42.1. The largest absolute Gasteiger partial charge is 0.481 e. The highest BCUT2D eigenvalue weighted by Crippen LogP contribution is 2.39. The van der Waals surface area contributed by atoms with Gasteiger partial charge in [0.25, 0.3) is 0 Å². The molecule has 0 unspecified atom stereocenters. The van der Waals surface area contributed by atoms with Crippen molar-refractivity contribution in [1.82, 2.24) is 0 Å². The fourth-order valence-corrected chi connectivity index (χ4v) is 2.53. The van der Waals surface area contributed by atoms with Crippen LogP contribution in [0.2, 0.25) is 0 Å². The van der Waals surface area contributed by atoms with Gasteiger partial charge in [0, 0.05) is 6.42 Å². The summed E-state index contributed by atoms with van der Waals surface area (Å²) in [5.41, 5.74) is -0.756. The average Bonchev–Trinajstić information content (AvgIpc) is 3.12. The Hall–Kier alpha value is -1.27. The van der Waals surface area contributed by atoms with E-state index in [1.54, 1.807) is 20.8 Å². The molecule has 0 amide bonds. The number of carboxylic acid groups (broad SMARTS) is 1. The molecule has 0 heterocycles. The van der Waals surface area contributed by atoms with Crippen LogP contribution < -0.4 is 0 Å². The minimum atomic E-state index is -4.32. The van der Waals surface area contributed by atoms with Gasteiger partial charge < -0.3 is 9.84 Å². The van der Waals surface area contributed by atoms with E-state index >= 15 is 0 Å². The highest BCUT2D eigenvalue weighted by Gasteiger charge is 2.40. The van der Waals surface area contributed by atoms with Gasteiger partial charge in [-0.05, 0) is 46.0 Å². The molecule has 7 heteroatoms. The third-order valence-corrected chi connectivity index (χ3v) is 3.77. The molecule has 1 saturated carbocycles. The van der Waals surface area contributed by atoms with E-state index in [9.17, 15) is 27.9 Å². The molecular weight excluding hydrogens is 313 g/mol. The molecule has 0 aliphatic heterocycles. The van der Waals surface area contributed by atoms with Gasteiger partial charge in [-0.1, -0.05) is 12.8 Å². The lowest BCUT2D eigenvalue weighted by Gasteiger charge is -2.27. The fourth-order valence-electron chi connectivity index (χ4n) is 2.53. The Bertz CT molecular complexity index is 422. The summed E-state index contributed by atoms with van der Waals surface area (Å²) in [5, 5.41) is 9.36. The first-order valence-corrected chi connectivity index (χ1v) is 7.91. The molecule has 0 saturated heterocycles. The third kappa shape index (κ3) is 8.23. The van der Waals surface area contributed by atoms with Crippen LogP contribution in [0.3, 0.4) is 0 Å². The Kier molecular flexibility index (Phi) is 6.48. The monoisotopic (exact) mass is 338 g/mol. The second kappa shape index (κ2) is 7.53.